The molecule has 4 heteroatoms. The van der Waals surface area contributed by atoms with E-state index in [0.29, 0.717) is 10.8 Å². The van der Waals surface area contributed by atoms with Gasteiger partial charge in [-0.25, -0.2) is 0 Å². The second-order valence-electron chi connectivity index (χ2n) is 3.94. The molecule has 0 saturated heterocycles. The SMILES string of the molecule is CC.CCS(=O)c1ccc(Cl)c(-c2cccc(C)n2)c1. The molecule has 1 unspecified atom stereocenters. The van der Waals surface area contributed by atoms with Crippen molar-refractivity contribution in [2.45, 2.75) is 32.6 Å². The van der Waals surface area contributed by atoms with Crippen LogP contribution >= 0.6 is 11.6 Å². The lowest BCUT2D eigenvalue weighted by Gasteiger charge is -2.07. The number of rotatable bonds is 3. The lowest BCUT2D eigenvalue weighted by atomic mass is 10.1. The summed E-state index contributed by atoms with van der Waals surface area (Å²) >= 11 is 6.19. The molecule has 0 bridgehead atoms. The van der Waals surface area contributed by atoms with Gasteiger partial charge in [0.1, 0.15) is 0 Å². The molecular formula is C16H20ClNOS. The van der Waals surface area contributed by atoms with Gasteiger partial charge in [0, 0.05) is 21.9 Å². The zero-order valence-corrected chi connectivity index (χ0v) is 13.9. The lowest BCUT2D eigenvalue weighted by molar-refractivity contribution is 0.684. The van der Waals surface area contributed by atoms with E-state index in [-0.39, 0.29) is 0 Å². The maximum absolute atomic E-state index is 11.8. The van der Waals surface area contributed by atoms with Crippen molar-refractivity contribution in [3.05, 3.63) is 47.1 Å². The van der Waals surface area contributed by atoms with Crippen molar-refractivity contribution in [1.29, 1.82) is 0 Å². The van der Waals surface area contributed by atoms with Crippen molar-refractivity contribution in [3.8, 4) is 11.3 Å². The summed E-state index contributed by atoms with van der Waals surface area (Å²) in [6.07, 6.45) is 0. The number of aryl methyl sites for hydroxylation is 1. The second kappa shape index (κ2) is 8.18. The highest BCUT2D eigenvalue weighted by atomic mass is 35.5. The van der Waals surface area contributed by atoms with Crippen molar-refractivity contribution in [3.63, 3.8) is 0 Å². The van der Waals surface area contributed by atoms with Crippen LogP contribution in [0.5, 0.6) is 0 Å². The smallest absolute Gasteiger partial charge is 0.0720 e. The Bertz CT molecular complexity index is 599. The van der Waals surface area contributed by atoms with Gasteiger partial charge in [0.05, 0.1) is 21.5 Å². The van der Waals surface area contributed by atoms with Crippen LogP contribution in [0, 0.1) is 6.92 Å². The maximum atomic E-state index is 11.8. The van der Waals surface area contributed by atoms with Gasteiger partial charge >= 0.3 is 0 Å². The highest BCUT2D eigenvalue weighted by molar-refractivity contribution is 7.85. The Kier molecular flexibility index (Phi) is 6.89. The van der Waals surface area contributed by atoms with Crippen LogP contribution in [0.25, 0.3) is 11.3 Å². The van der Waals surface area contributed by atoms with E-state index in [1.807, 2.05) is 52.0 Å². The summed E-state index contributed by atoms with van der Waals surface area (Å²) in [6, 6.07) is 11.2. The van der Waals surface area contributed by atoms with Gasteiger partial charge in [-0.2, -0.15) is 0 Å². The fourth-order valence-corrected chi connectivity index (χ4v) is 2.72. The molecule has 1 aromatic carbocycles. The molecule has 0 amide bonds. The van der Waals surface area contributed by atoms with Crippen LogP contribution in [0.15, 0.2) is 41.3 Å². The van der Waals surface area contributed by atoms with Gasteiger partial charge in [-0.05, 0) is 37.3 Å². The van der Waals surface area contributed by atoms with Gasteiger partial charge in [0.15, 0.2) is 0 Å². The molecular weight excluding hydrogens is 290 g/mol. The minimum atomic E-state index is -0.974. The number of benzene rings is 1. The minimum Gasteiger partial charge on any atom is -0.254 e. The molecule has 1 aromatic heterocycles. The number of nitrogens with zero attached hydrogens (tertiary/aromatic N) is 1. The van der Waals surface area contributed by atoms with E-state index in [1.165, 1.54) is 0 Å². The highest BCUT2D eigenvalue weighted by Gasteiger charge is 2.09. The molecule has 0 aliphatic carbocycles. The Hall–Kier alpha value is -1.19. The monoisotopic (exact) mass is 309 g/mol. The average Bonchev–Trinajstić information content (AvgIpc) is 2.49. The third-order valence-electron chi connectivity index (χ3n) is 2.63. The van der Waals surface area contributed by atoms with Gasteiger partial charge in [0.25, 0.3) is 0 Å². The molecule has 2 aromatic rings. The molecule has 1 atom stereocenters. The topological polar surface area (TPSA) is 30.0 Å². The number of hydrogen-bond acceptors (Lipinski definition) is 2. The lowest BCUT2D eigenvalue weighted by Crippen LogP contribution is -1.95. The molecule has 0 fully saturated rings. The first kappa shape index (κ1) is 16.9. The van der Waals surface area contributed by atoms with Gasteiger partial charge in [-0.1, -0.05) is 38.4 Å². The van der Waals surface area contributed by atoms with Crippen LogP contribution in [-0.4, -0.2) is 14.9 Å². The molecule has 108 valence electrons. The Morgan fingerprint density at radius 2 is 1.90 bits per heavy atom. The fourth-order valence-electron chi connectivity index (χ4n) is 1.70. The third kappa shape index (κ3) is 4.15. The first-order chi connectivity index (χ1) is 9.61. The molecule has 20 heavy (non-hydrogen) atoms. The van der Waals surface area contributed by atoms with E-state index in [4.69, 9.17) is 11.6 Å². The standard InChI is InChI=1S/C14H14ClNOS.C2H6/c1-3-18(17)11-7-8-13(15)12(9-11)14-6-4-5-10(2)16-14;1-2/h4-9H,3H2,1-2H3;1-2H3. The van der Waals surface area contributed by atoms with Gasteiger partial charge in [-0.15, -0.1) is 0 Å². The summed E-state index contributed by atoms with van der Waals surface area (Å²) < 4.78 is 11.8. The van der Waals surface area contributed by atoms with Crippen molar-refractivity contribution in [2.24, 2.45) is 0 Å². The van der Waals surface area contributed by atoms with Gasteiger partial charge in [-0.3, -0.25) is 9.19 Å². The van der Waals surface area contributed by atoms with Crippen molar-refractivity contribution >= 4 is 22.4 Å². The highest BCUT2D eigenvalue weighted by Crippen LogP contribution is 2.28. The number of hydrogen-bond donors (Lipinski definition) is 0. The Morgan fingerprint density at radius 1 is 1.20 bits per heavy atom. The molecule has 0 aliphatic heterocycles. The fraction of sp³-hybridized carbons (Fsp3) is 0.312. The van der Waals surface area contributed by atoms with E-state index in [2.05, 4.69) is 4.98 Å². The summed E-state index contributed by atoms with van der Waals surface area (Å²) in [5.41, 5.74) is 2.58. The summed E-state index contributed by atoms with van der Waals surface area (Å²) in [7, 11) is -0.974. The molecule has 0 N–H and O–H groups in total. The molecule has 2 nitrogen and oxygen atoms in total. The van der Waals surface area contributed by atoms with Crippen LogP contribution in [0.2, 0.25) is 5.02 Å². The van der Waals surface area contributed by atoms with E-state index < -0.39 is 10.8 Å². The molecule has 2 rings (SSSR count). The number of halogens is 1. The first-order valence-corrected chi connectivity index (χ1v) is 8.43. The van der Waals surface area contributed by atoms with Crippen LogP contribution in [0.4, 0.5) is 0 Å². The summed E-state index contributed by atoms with van der Waals surface area (Å²) in [5.74, 6) is 0.600. The largest absolute Gasteiger partial charge is 0.254 e. The maximum Gasteiger partial charge on any atom is 0.0720 e. The number of aromatic nitrogens is 1. The quantitative estimate of drug-likeness (QED) is 0.810. The first-order valence-electron chi connectivity index (χ1n) is 6.73. The predicted molar refractivity (Wildman–Crippen MR) is 87.7 cm³/mol. The normalized spacial score (nSPS) is 11.4. The molecule has 0 radical (unpaired) electrons. The van der Waals surface area contributed by atoms with Crippen LogP contribution in [0.3, 0.4) is 0 Å². The summed E-state index contributed by atoms with van der Waals surface area (Å²) in [5, 5.41) is 0.630. The molecule has 0 spiro atoms. The van der Waals surface area contributed by atoms with E-state index in [0.717, 1.165) is 21.8 Å². The Morgan fingerprint density at radius 3 is 2.50 bits per heavy atom. The van der Waals surface area contributed by atoms with Gasteiger partial charge < -0.3 is 0 Å². The predicted octanol–water partition coefficient (Wildman–Crippen LogP) is 4.86. The van der Waals surface area contributed by atoms with Crippen molar-refractivity contribution in [1.82, 2.24) is 4.98 Å². The summed E-state index contributed by atoms with van der Waals surface area (Å²) in [6.45, 7) is 7.83. The molecule has 0 saturated carbocycles. The minimum absolute atomic E-state index is 0.600. The van der Waals surface area contributed by atoms with E-state index in [1.54, 1.807) is 12.1 Å². The number of pyridine rings is 1. The molecule has 0 aliphatic rings. The summed E-state index contributed by atoms with van der Waals surface area (Å²) in [4.78, 5) is 5.24. The van der Waals surface area contributed by atoms with Crippen LogP contribution in [0.1, 0.15) is 26.5 Å². The van der Waals surface area contributed by atoms with Crippen molar-refractivity contribution < 1.29 is 4.21 Å². The zero-order chi connectivity index (χ0) is 15.1. The van der Waals surface area contributed by atoms with Crippen LogP contribution in [-0.2, 0) is 10.8 Å². The average molecular weight is 310 g/mol. The van der Waals surface area contributed by atoms with E-state index in [9.17, 15) is 4.21 Å². The zero-order valence-electron chi connectivity index (χ0n) is 12.3. The van der Waals surface area contributed by atoms with Crippen molar-refractivity contribution in [2.75, 3.05) is 5.75 Å². The van der Waals surface area contributed by atoms with E-state index >= 15 is 0 Å². The Balaban J connectivity index is 0.000000956. The molecule has 1 heterocycles. The Labute approximate surface area is 128 Å². The second-order valence-corrected chi connectivity index (χ2v) is 6.09. The third-order valence-corrected chi connectivity index (χ3v) is 4.26. The van der Waals surface area contributed by atoms with Gasteiger partial charge in [0.2, 0.25) is 0 Å². The van der Waals surface area contributed by atoms with Crippen LogP contribution < -0.4 is 0 Å².